The summed E-state index contributed by atoms with van der Waals surface area (Å²) in [5.41, 5.74) is 12.3. The number of aromatic amines is 2. The van der Waals surface area contributed by atoms with Crippen LogP contribution < -0.4 is 0 Å². The van der Waals surface area contributed by atoms with Gasteiger partial charge in [0.2, 0.25) is 0 Å². The van der Waals surface area contributed by atoms with E-state index in [1.54, 1.807) is 0 Å². The summed E-state index contributed by atoms with van der Waals surface area (Å²) in [6.07, 6.45) is 23.6. The van der Waals surface area contributed by atoms with Gasteiger partial charge in [-0.3, -0.25) is 19.2 Å². The monoisotopic (exact) mass is 1110 g/mol. The molecule has 0 saturated heterocycles. The van der Waals surface area contributed by atoms with Crippen LogP contribution in [0.1, 0.15) is 120 Å². The van der Waals surface area contributed by atoms with Crippen LogP contribution in [0.2, 0.25) is 0 Å². The third-order valence-electron chi connectivity index (χ3n) is 15.4. The Morgan fingerprint density at radius 1 is 0.345 bits per heavy atom. The normalized spacial score (nSPS) is 12.1. The molecule has 0 radical (unpaired) electrons. The molecule has 0 fully saturated rings. The molecular weight excluding hydrogens is 1040 g/mol. The summed E-state index contributed by atoms with van der Waals surface area (Å²) in [6, 6.07) is 38.6. The van der Waals surface area contributed by atoms with Crippen molar-refractivity contribution < 1.29 is 19.2 Å². The number of aromatic nitrogens is 4. The second-order valence-electron chi connectivity index (χ2n) is 20.3. The van der Waals surface area contributed by atoms with Gasteiger partial charge in [-0.05, 0) is 150 Å². The quantitative estimate of drug-likeness (QED) is 0.0729. The van der Waals surface area contributed by atoms with Gasteiger partial charge in [0.25, 0.3) is 23.6 Å². The Morgan fingerprint density at radius 2 is 0.560 bits per heavy atom. The number of H-pyrrole nitrogens is 2. The third-order valence-corrected chi connectivity index (χ3v) is 15.4. The van der Waals surface area contributed by atoms with Crippen LogP contribution in [0.15, 0.2) is 170 Å². The highest BCUT2D eigenvalue weighted by atomic mass is 16.2. The molecule has 3 aromatic heterocycles. The molecule has 0 aliphatic carbocycles. The number of allylic oxidation sites excluding steroid dienone is 4. The van der Waals surface area contributed by atoms with Crippen molar-refractivity contribution in [3.63, 3.8) is 0 Å². The number of hydrogen-bond donors (Lipinski definition) is 2. The van der Waals surface area contributed by atoms with Crippen molar-refractivity contribution in [2.45, 2.75) is 55.4 Å². The minimum absolute atomic E-state index is 0.136. The van der Waals surface area contributed by atoms with Crippen LogP contribution in [0.4, 0.5) is 0 Å². The molecule has 2 aliphatic heterocycles. The molecule has 2 aliphatic rings. The van der Waals surface area contributed by atoms with Gasteiger partial charge in [0.15, 0.2) is 0 Å². The van der Waals surface area contributed by atoms with E-state index in [1.165, 1.54) is 0 Å². The summed E-state index contributed by atoms with van der Waals surface area (Å²) >= 11 is 0. The lowest BCUT2D eigenvalue weighted by atomic mass is 9.97. The van der Waals surface area contributed by atoms with Gasteiger partial charge in [0.1, 0.15) is 0 Å². The molecule has 84 heavy (non-hydrogen) atoms. The fourth-order valence-corrected chi connectivity index (χ4v) is 10.9. The molecule has 0 atom stereocenters. The number of fused-ring (bicyclic) bond motifs is 8. The molecule has 2 N–H and O–H groups in total. The molecule has 5 heterocycles. The molecule has 4 aromatic carbocycles. The highest BCUT2D eigenvalue weighted by molar-refractivity contribution is 6.10. The maximum Gasteiger partial charge on any atom is 0.254 e. The number of rotatable bonds is 20. The second-order valence-corrected chi connectivity index (χ2v) is 20.3. The van der Waals surface area contributed by atoms with Crippen molar-refractivity contribution in [1.82, 2.24) is 39.5 Å². The topological polar surface area (TPSA) is 139 Å². The molecule has 4 amide bonds. The molecule has 0 spiro atoms. The Kier molecular flexibility index (Phi) is 19.2. The molecule has 12 nitrogen and oxygen atoms in total. The van der Waals surface area contributed by atoms with Crippen LogP contribution in [-0.4, -0.2) is 116 Å². The van der Waals surface area contributed by atoms with Gasteiger partial charge in [-0.15, -0.1) is 0 Å². The molecule has 0 saturated carbocycles. The standard InChI is InChI=1S/C72H74N8O4/c1-9-17-45-77(13-5)69(81)53-33-25-21-29-49(53)65-57-37-39-59(73-57)66(50-30-22-26-34-54(50)70(82)78(14-6)46-18-10-2)61-41-43-63(75-61)68(52-32-24-28-36-56(52)72(84)80(16-8)48-20-12-4)64-44-42-62(76-64)67(60-40-38-58(65)74-60)51-31-23-27-35-55(51)71(83)79(15-7)47-19-11-3/h9-12,17-44,73,76H,13-16,45-48H2,1-8H3/b17-9+,18-10+,19-11+,20-12+,65-57?,65-58?,66-59?,66-61?,67-60?,67-62?,68-63?,68-64?. The first-order valence-electron chi connectivity index (χ1n) is 29.2. The fraction of sp³-hybridized carbons (Fsp3) is 0.222. The van der Waals surface area contributed by atoms with Crippen molar-refractivity contribution in [1.29, 1.82) is 0 Å². The van der Waals surface area contributed by atoms with Gasteiger partial charge in [0.05, 0.1) is 22.8 Å². The van der Waals surface area contributed by atoms with Gasteiger partial charge >= 0.3 is 0 Å². The van der Waals surface area contributed by atoms with E-state index < -0.39 is 0 Å². The van der Waals surface area contributed by atoms with Crippen LogP contribution in [0.5, 0.6) is 0 Å². The molecule has 0 unspecified atom stereocenters. The van der Waals surface area contributed by atoms with E-state index in [-0.39, 0.29) is 23.6 Å². The number of likely N-dealkylation sites (N-methyl/N-ethyl adjacent to an activating group) is 4. The van der Waals surface area contributed by atoms with E-state index in [9.17, 15) is 19.2 Å². The highest BCUT2D eigenvalue weighted by Crippen LogP contribution is 2.41. The Labute approximate surface area is 493 Å². The molecule has 9 rings (SSSR count). The minimum atomic E-state index is -0.136. The van der Waals surface area contributed by atoms with E-state index in [4.69, 9.17) is 9.97 Å². The van der Waals surface area contributed by atoms with Gasteiger partial charge in [-0.25, -0.2) is 9.97 Å². The Morgan fingerprint density at radius 3 is 0.762 bits per heavy atom. The number of amides is 4. The maximum atomic E-state index is 14.9. The lowest BCUT2D eigenvalue weighted by Gasteiger charge is -2.21. The number of benzene rings is 4. The smallest absolute Gasteiger partial charge is 0.254 e. The Bertz CT molecular complexity index is 3480. The summed E-state index contributed by atoms with van der Waals surface area (Å²) in [5.74, 6) is -0.542. The summed E-state index contributed by atoms with van der Waals surface area (Å²) in [6.45, 7) is 19.4. The highest BCUT2D eigenvalue weighted by Gasteiger charge is 2.28. The third kappa shape index (κ3) is 12.1. The van der Waals surface area contributed by atoms with Crippen molar-refractivity contribution in [3.8, 4) is 44.5 Å². The largest absolute Gasteiger partial charge is 0.354 e. The van der Waals surface area contributed by atoms with Crippen LogP contribution >= 0.6 is 0 Å². The Hall–Kier alpha value is -9.68. The lowest BCUT2D eigenvalue weighted by Crippen LogP contribution is -2.31. The number of hydrogen-bond acceptors (Lipinski definition) is 6. The fourth-order valence-electron chi connectivity index (χ4n) is 10.9. The average molecular weight is 1120 g/mol. The second kappa shape index (κ2) is 27.4. The number of carbonyl (C=O) groups is 4. The number of carbonyl (C=O) groups excluding carboxylic acids is 4. The van der Waals surface area contributed by atoms with Gasteiger partial charge in [-0.1, -0.05) is 121 Å². The molecule has 7 aromatic rings. The van der Waals surface area contributed by atoms with E-state index in [0.717, 1.165) is 0 Å². The van der Waals surface area contributed by atoms with Gasteiger partial charge in [-0.2, -0.15) is 0 Å². The first-order chi connectivity index (χ1) is 41.0. The van der Waals surface area contributed by atoms with Crippen LogP contribution in [0.3, 0.4) is 0 Å². The zero-order chi connectivity index (χ0) is 59.3. The summed E-state index contributed by atoms with van der Waals surface area (Å²) in [7, 11) is 0. The van der Waals surface area contributed by atoms with Crippen molar-refractivity contribution in [2.24, 2.45) is 0 Å². The molecule has 12 heteroatoms. The summed E-state index contributed by atoms with van der Waals surface area (Å²) in [4.78, 5) is 85.7. The van der Waals surface area contributed by atoms with Crippen molar-refractivity contribution in [3.05, 3.63) is 215 Å². The first kappa shape index (κ1) is 59.0. The zero-order valence-corrected chi connectivity index (χ0v) is 49.4. The minimum Gasteiger partial charge on any atom is -0.354 e. The number of nitrogens with one attached hydrogen (secondary N) is 2. The SMILES string of the molecule is C/C=C/CN(CC)C(=O)c1ccccc1-c1c2nc(c(-c3ccccc3C(=O)N(CC)C/C=C/C)c3ccc([nH]3)c(-c3ccccc3C(=O)N(CC)C/C=C/C)c3nc(c(-c4ccccc4C(=O)N(CC)C/C=C/C)c4ccc1[nH]4)C=C3)C=C2. The summed E-state index contributed by atoms with van der Waals surface area (Å²) < 4.78 is 0. The first-order valence-corrected chi connectivity index (χ1v) is 29.2. The maximum absolute atomic E-state index is 14.9. The Balaban J connectivity index is 1.48. The summed E-state index contributed by atoms with van der Waals surface area (Å²) in [5, 5.41) is 0. The molecular formula is C72H74N8O4. The molecule has 426 valence electrons. The predicted molar refractivity (Wildman–Crippen MR) is 346 cm³/mol. The van der Waals surface area contributed by atoms with Crippen molar-refractivity contribution in [2.75, 3.05) is 52.4 Å². The van der Waals surface area contributed by atoms with Crippen molar-refractivity contribution >= 4 is 70.0 Å². The number of nitrogens with zero attached hydrogens (tertiary/aromatic N) is 6. The zero-order valence-electron chi connectivity index (χ0n) is 49.4. The van der Waals surface area contributed by atoms with Gasteiger partial charge < -0.3 is 29.6 Å². The van der Waals surface area contributed by atoms with Gasteiger partial charge in [0, 0.05) is 119 Å². The lowest BCUT2D eigenvalue weighted by molar-refractivity contribution is 0.0775. The molecule has 8 bridgehead atoms. The van der Waals surface area contributed by atoms with E-state index in [2.05, 4.69) is 9.97 Å². The average Bonchev–Trinajstić information content (AvgIpc) is 3.44. The predicted octanol–water partition coefficient (Wildman–Crippen LogP) is 15.5. The van der Waals surface area contributed by atoms with Crippen LogP contribution in [0.25, 0.3) is 90.9 Å². The van der Waals surface area contributed by atoms with E-state index >= 15 is 0 Å². The van der Waals surface area contributed by atoms with Crippen LogP contribution in [-0.2, 0) is 0 Å². The van der Waals surface area contributed by atoms with E-state index in [0.29, 0.717) is 164 Å². The van der Waals surface area contributed by atoms with Crippen LogP contribution in [0, 0.1) is 0 Å². The van der Waals surface area contributed by atoms with E-state index in [1.807, 2.05) is 269 Å².